The highest BCUT2D eigenvalue weighted by molar-refractivity contribution is 7.89. The van der Waals surface area contributed by atoms with Gasteiger partial charge in [-0.25, -0.2) is 22.8 Å². The highest BCUT2D eigenvalue weighted by Crippen LogP contribution is 2.36. The molecule has 0 radical (unpaired) electrons. The SMILES string of the molecule is CNc1nc(C2CCCN2S(=O)(=O)c2ccc(F)cc2)nc2c1CCN(C)C2. The summed E-state index contributed by atoms with van der Waals surface area (Å²) in [6.07, 6.45) is 2.27. The molecule has 0 bridgehead atoms. The minimum absolute atomic E-state index is 0.0901. The zero-order valence-electron chi connectivity index (χ0n) is 16.0. The molecule has 4 rings (SSSR count). The van der Waals surface area contributed by atoms with Crippen LogP contribution in [0.3, 0.4) is 0 Å². The largest absolute Gasteiger partial charge is 0.373 e. The van der Waals surface area contributed by atoms with Crippen LogP contribution in [0.1, 0.15) is 36.0 Å². The third-order valence-corrected chi connectivity index (χ3v) is 7.35. The summed E-state index contributed by atoms with van der Waals surface area (Å²) in [6, 6.07) is 4.54. The predicted octanol–water partition coefficient (Wildman–Crippen LogP) is 2.17. The van der Waals surface area contributed by atoms with Crippen molar-refractivity contribution in [3.05, 3.63) is 47.2 Å². The first-order valence-electron chi connectivity index (χ1n) is 9.43. The molecule has 1 aromatic carbocycles. The van der Waals surface area contributed by atoms with Gasteiger partial charge in [0.05, 0.1) is 16.6 Å². The lowest BCUT2D eigenvalue weighted by atomic mass is 10.1. The molecule has 0 aliphatic carbocycles. The van der Waals surface area contributed by atoms with Crippen molar-refractivity contribution in [1.82, 2.24) is 19.2 Å². The van der Waals surface area contributed by atoms with E-state index in [1.165, 1.54) is 28.6 Å². The number of benzene rings is 1. The topological polar surface area (TPSA) is 78.4 Å². The van der Waals surface area contributed by atoms with E-state index in [1.807, 2.05) is 14.1 Å². The molecule has 9 heteroatoms. The van der Waals surface area contributed by atoms with Crippen molar-refractivity contribution < 1.29 is 12.8 Å². The van der Waals surface area contributed by atoms with Crippen molar-refractivity contribution in [2.24, 2.45) is 0 Å². The van der Waals surface area contributed by atoms with E-state index >= 15 is 0 Å². The molecule has 150 valence electrons. The molecule has 2 aliphatic heterocycles. The molecular formula is C19H24FN5O2S. The van der Waals surface area contributed by atoms with E-state index in [4.69, 9.17) is 4.98 Å². The molecular weight excluding hydrogens is 381 g/mol. The van der Waals surface area contributed by atoms with Crippen molar-refractivity contribution in [3.8, 4) is 0 Å². The van der Waals surface area contributed by atoms with E-state index < -0.39 is 21.9 Å². The van der Waals surface area contributed by atoms with Gasteiger partial charge in [-0.05, 0) is 50.6 Å². The molecule has 1 unspecified atom stereocenters. The van der Waals surface area contributed by atoms with Gasteiger partial charge in [0.1, 0.15) is 17.5 Å². The highest BCUT2D eigenvalue weighted by Gasteiger charge is 2.38. The normalized spacial score (nSPS) is 20.9. The van der Waals surface area contributed by atoms with Crippen molar-refractivity contribution in [2.75, 3.05) is 32.5 Å². The number of nitrogens with zero attached hydrogens (tertiary/aromatic N) is 4. The van der Waals surface area contributed by atoms with Crippen LogP contribution in [0.25, 0.3) is 0 Å². The van der Waals surface area contributed by atoms with Gasteiger partial charge < -0.3 is 10.2 Å². The van der Waals surface area contributed by atoms with Crippen LogP contribution in [-0.2, 0) is 23.0 Å². The Bertz CT molecular complexity index is 981. The van der Waals surface area contributed by atoms with Gasteiger partial charge in [-0.2, -0.15) is 4.31 Å². The third-order valence-electron chi connectivity index (χ3n) is 5.43. The van der Waals surface area contributed by atoms with Crippen LogP contribution >= 0.6 is 0 Å². The zero-order valence-corrected chi connectivity index (χ0v) is 16.8. The van der Waals surface area contributed by atoms with E-state index in [9.17, 15) is 12.8 Å². The highest BCUT2D eigenvalue weighted by atomic mass is 32.2. The van der Waals surface area contributed by atoms with Crippen LogP contribution in [0.2, 0.25) is 0 Å². The van der Waals surface area contributed by atoms with Crippen LogP contribution in [0.5, 0.6) is 0 Å². The molecule has 3 heterocycles. The van der Waals surface area contributed by atoms with Gasteiger partial charge in [0.15, 0.2) is 0 Å². The number of fused-ring (bicyclic) bond motifs is 1. The molecule has 0 amide bonds. The minimum Gasteiger partial charge on any atom is -0.373 e. The lowest BCUT2D eigenvalue weighted by molar-refractivity contribution is 0.304. The van der Waals surface area contributed by atoms with E-state index in [0.717, 1.165) is 43.0 Å². The van der Waals surface area contributed by atoms with Gasteiger partial charge in [-0.15, -0.1) is 0 Å². The van der Waals surface area contributed by atoms with Gasteiger partial charge in [0.2, 0.25) is 10.0 Å². The smallest absolute Gasteiger partial charge is 0.243 e. The fourth-order valence-electron chi connectivity index (χ4n) is 3.96. The van der Waals surface area contributed by atoms with Crippen LogP contribution in [0, 0.1) is 5.82 Å². The molecule has 1 atom stereocenters. The second-order valence-electron chi connectivity index (χ2n) is 7.32. The molecule has 2 aliphatic rings. The lowest BCUT2D eigenvalue weighted by Crippen LogP contribution is -2.33. The molecule has 7 nitrogen and oxygen atoms in total. The number of hydrogen-bond donors (Lipinski definition) is 1. The fourth-order valence-corrected chi connectivity index (χ4v) is 5.62. The molecule has 2 aromatic rings. The molecule has 28 heavy (non-hydrogen) atoms. The van der Waals surface area contributed by atoms with Crippen molar-refractivity contribution >= 4 is 15.8 Å². The maximum Gasteiger partial charge on any atom is 0.243 e. The second kappa shape index (κ2) is 7.38. The summed E-state index contributed by atoms with van der Waals surface area (Å²) in [7, 11) is 0.123. The predicted molar refractivity (Wildman–Crippen MR) is 104 cm³/mol. The summed E-state index contributed by atoms with van der Waals surface area (Å²) < 4.78 is 41.0. The Morgan fingerprint density at radius 2 is 1.93 bits per heavy atom. The first kappa shape index (κ1) is 19.2. The third kappa shape index (κ3) is 3.38. The number of likely N-dealkylation sites (N-methyl/N-ethyl adjacent to an activating group) is 1. The number of sulfonamides is 1. The standard InChI is InChI=1S/C19H24FN5O2S/c1-21-18-15-9-11-24(2)12-16(15)22-19(23-18)17-4-3-10-25(17)28(26,27)14-7-5-13(20)6-8-14/h5-8,17H,3-4,9-12H2,1-2H3,(H,21,22,23). The Balaban J connectivity index is 1.72. The second-order valence-corrected chi connectivity index (χ2v) is 9.21. The lowest BCUT2D eigenvalue weighted by Gasteiger charge is -2.28. The maximum atomic E-state index is 13.2. The summed E-state index contributed by atoms with van der Waals surface area (Å²) in [5, 5.41) is 3.15. The number of halogens is 1. The summed E-state index contributed by atoms with van der Waals surface area (Å²) in [5.41, 5.74) is 2.06. The average molecular weight is 405 g/mol. The molecule has 1 fully saturated rings. The van der Waals surface area contributed by atoms with E-state index in [2.05, 4.69) is 15.2 Å². The minimum atomic E-state index is -3.75. The Morgan fingerprint density at radius 1 is 1.18 bits per heavy atom. The van der Waals surface area contributed by atoms with Crippen molar-refractivity contribution in [2.45, 2.75) is 36.7 Å². The number of nitrogens with one attached hydrogen (secondary N) is 1. The van der Waals surface area contributed by atoms with Gasteiger partial charge >= 0.3 is 0 Å². The Kier molecular flexibility index (Phi) is 5.07. The van der Waals surface area contributed by atoms with E-state index in [1.54, 1.807) is 0 Å². The molecule has 0 spiro atoms. The molecule has 1 aromatic heterocycles. The van der Waals surface area contributed by atoms with Crippen LogP contribution in [0.4, 0.5) is 10.2 Å². The molecule has 1 N–H and O–H groups in total. The zero-order chi connectivity index (χ0) is 19.9. The number of aromatic nitrogens is 2. The maximum absolute atomic E-state index is 13.2. The fraction of sp³-hybridized carbons (Fsp3) is 0.474. The number of rotatable bonds is 4. The van der Waals surface area contributed by atoms with Gasteiger partial charge in [0, 0.05) is 32.2 Å². The summed E-state index contributed by atoms with van der Waals surface area (Å²) >= 11 is 0. The van der Waals surface area contributed by atoms with Gasteiger partial charge in [0.25, 0.3) is 0 Å². The first-order chi connectivity index (χ1) is 13.4. The summed E-state index contributed by atoms with van der Waals surface area (Å²) in [6.45, 7) is 2.06. The average Bonchev–Trinajstić information content (AvgIpc) is 3.18. The van der Waals surface area contributed by atoms with E-state index in [-0.39, 0.29) is 4.90 Å². The van der Waals surface area contributed by atoms with Crippen LogP contribution in [-0.4, -0.2) is 54.8 Å². The Morgan fingerprint density at radius 3 is 2.64 bits per heavy atom. The van der Waals surface area contributed by atoms with Crippen molar-refractivity contribution in [1.29, 1.82) is 0 Å². The van der Waals surface area contributed by atoms with E-state index in [0.29, 0.717) is 18.8 Å². The Hall–Kier alpha value is -2.10. The van der Waals surface area contributed by atoms with Gasteiger partial charge in [-0.3, -0.25) is 0 Å². The quantitative estimate of drug-likeness (QED) is 0.840. The van der Waals surface area contributed by atoms with Crippen molar-refractivity contribution in [3.63, 3.8) is 0 Å². The number of anilines is 1. The van der Waals surface area contributed by atoms with Crippen LogP contribution in [0.15, 0.2) is 29.2 Å². The number of hydrogen-bond acceptors (Lipinski definition) is 6. The summed E-state index contributed by atoms with van der Waals surface area (Å²) in [4.78, 5) is 11.7. The van der Waals surface area contributed by atoms with Crippen LogP contribution < -0.4 is 5.32 Å². The molecule has 1 saturated heterocycles. The first-order valence-corrected chi connectivity index (χ1v) is 10.9. The monoisotopic (exact) mass is 405 g/mol. The Labute approximate surface area is 164 Å². The van der Waals surface area contributed by atoms with Gasteiger partial charge in [-0.1, -0.05) is 0 Å². The summed E-state index contributed by atoms with van der Waals surface area (Å²) in [5.74, 6) is 0.846. The molecule has 0 saturated carbocycles.